The predicted molar refractivity (Wildman–Crippen MR) is 83.8 cm³/mol. The standard InChI is InChI=1S/C15H20O8S/c1-7-13(21-9(3)17)15(23-11(5)19)14(22-10(4)18)12(24-7)6-20-8(2)16/h12-15H,1,6H2,2-5H3/t12-,13+,14-,15-/m1/s1. The van der Waals surface area contributed by atoms with Gasteiger partial charge in [0, 0.05) is 32.6 Å². The molecule has 0 unspecified atom stereocenters. The maximum atomic E-state index is 11.4. The minimum absolute atomic E-state index is 0.0818. The van der Waals surface area contributed by atoms with Crippen molar-refractivity contribution >= 4 is 35.6 Å². The molecule has 4 atom stereocenters. The Morgan fingerprint density at radius 1 is 0.875 bits per heavy atom. The molecule has 1 heterocycles. The highest BCUT2D eigenvalue weighted by molar-refractivity contribution is 8.03. The Balaban J connectivity index is 3.13. The second-order valence-corrected chi connectivity index (χ2v) is 6.47. The fourth-order valence-corrected chi connectivity index (χ4v) is 3.38. The minimum atomic E-state index is -1.08. The third-order valence-corrected chi connectivity index (χ3v) is 4.20. The summed E-state index contributed by atoms with van der Waals surface area (Å²) < 4.78 is 20.6. The molecule has 0 aromatic carbocycles. The van der Waals surface area contributed by atoms with Gasteiger partial charge in [-0.3, -0.25) is 19.2 Å². The van der Waals surface area contributed by atoms with Crippen LogP contribution < -0.4 is 0 Å². The number of thioether (sulfide) groups is 1. The lowest BCUT2D eigenvalue weighted by atomic mass is 10.0. The van der Waals surface area contributed by atoms with Crippen LogP contribution in [0.3, 0.4) is 0 Å². The predicted octanol–water partition coefficient (Wildman–Crippen LogP) is 0.974. The van der Waals surface area contributed by atoms with Crippen molar-refractivity contribution in [1.29, 1.82) is 0 Å². The molecule has 1 aliphatic heterocycles. The van der Waals surface area contributed by atoms with Crippen molar-refractivity contribution in [2.75, 3.05) is 6.61 Å². The lowest BCUT2D eigenvalue weighted by Crippen LogP contribution is -2.54. The Hall–Kier alpha value is -2.03. The van der Waals surface area contributed by atoms with E-state index in [0.717, 1.165) is 11.8 Å². The zero-order valence-corrected chi connectivity index (χ0v) is 14.7. The topological polar surface area (TPSA) is 105 Å². The maximum Gasteiger partial charge on any atom is 0.303 e. The van der Waals surface area contributed by atoms with Crippen LogP contribution in [-0.4, -0.2) is 54.0 Å². The van der Waals surface area contributed by atoms with Crippen molar-refractivity contribution in [2.45, 2.75) is 51.3 Å². The molecule has 0 spiro atoms. The van der Waals surface area contributed by atoms with Gasteiger partial charge < -0.3 is 18.9 Å². The van der Waals surface area contributed by atoms with E-state index in [9.17, 15) is 19.2 Å². The zero-order chi connectivity index (χ0) is 18.4. The molecule has 24 heavy (non-hydrogen) atoms. The summed E-state index contributed by atoms with van der Waals surface area (Å²) in [6.07, 6.45) is -3.02. The lowest BCUT2D eigenvalue weighted by molar-refractivity contribution is -0.181. The molecular weight excluding hydrogens is 340 g/mol. The minimum Gasteiger partial charge on any atom is -0.465 e. The van der Waals surface area contributed by atoms with Crippen molar-refractivity contribution in [1.82, 2.24) is 0 Å². The molecule has 0 aliphatic carbocycles. The first-order chi connectivity index (χ1) is 11.1. The summed E-state index contributed by atoms with van der Waals surface area (Å²) in [4.78, 5) is 45.6. The number of esters is 4. The van der Waals surface area contributed by atoms with Crippen molar-refractivity contribution in [3.05, 3.63) is 11.5 Å². The Morgan fingerprint density at radius 3 is 1.83 bits per heavy atom. The fourth-order valence-electron chi connectivity index (χ4n) is 2.19. The number of hydrogen-bond donors (Lipinski definition) is 0. The molecule has 1 aliphatic rings. The lowest BCUT2D eigenvalue weighted by Gasteiger charge is -2.40. The molecule has 0 radical (unpaired) electrons. The quantitative estimate of drug-likeness (QED) is 0.524. The van der Waals surface area contributed by atoms with E-state index < -0.39 is 47.4 Å². The first-order valence-electron chi connectivity index (χ1n) is 7.12. The molecule has 0 aromatic heterocycles. The molecule has 0 bridgehead atoms. The van der Waals surface area contributed by atoms with Gasteiger partial charge in [-0.05, 0) is 0 Å². The van der Waals surface area contributed by atoms with Crippen LogP contribution in [0.25, 0.3) is 0 Å². The molecule has 1 fully saturated rings. The van der Waals surface area contributed by atoms with E-state index in [4.69, 9.17) is 18.9 Å². The summed E-state index contributed by atoms with van der Waals surface area (Å²) in [6, 6.07) is 0. The van der Waals surface area contributed by atoms with Gasteiger partial charge in [-0.15, -0.1) is 11.8 Å². The van der Waals surface area contributed by atoms with Crippen molar-refractivity contribution in [3.8, 4) is 0 Å². The summed E-state index contributed by atoms with van der Waals surface area (Å²) in [7, 11) is 0. The number of hydrogen-bond acceptors (Lipinski definition) is 9. The van der Waals surface area contributed by atoms with Crippen LogP contribution in [0.15, 0.2) is 11.5 Å². The van der Waals surface area contributed by atoms with Crippen LogP contribution in [0.4, 0.5) is 0 Å². The molecular formula is C15H20O8S. The fraction of sp³-hybridized carbons (Fsp3) is 0.600. The summed E-state index contributed by atoms with van der Waals surface area (Å²) in [5.41, 5.74) is 0. The largest absolute Gasteiger partial charge is 0.465 e. The number of rotatable bonds is 5. The van der Waals surface area contributed by atoms with E-state index in [1.54, 1.807) is 0 Å². The monoisotopic (exact) mass is 360 g/mol. The molecule has 0 aromatic rings. The van der Waals surface area contributed by atoms with Crippen LogP contribution in [0.2, 0.25) is 0 Å². The van der Waals surface area contributed by atoms with E-state index >= 15 is 0 Å². The maximum absolute atomic E-state index is 11.4. The van der Waals surface area contributed by atoms with E-state index in [1.165, 1.54) is 27.7 Å². The number of ether oxygens (including phenoxy) is 4. The van der Waals surface area contributed by atoms with Gasteiger partial charge in [0.15, 0.2) is 18.3 Å². The average molecular weight is 360 g/mol. The van der Waals surface area contributed by atoms with Gasteiger partial charge in [-0.2, -0.15) is 0 Å². The molecule has 0 amide bonds. The Kier molecular flexibility index (Phi) is 7.27. The summed E-state index contributed by atoms with van der Waals surface area (Å²) in [5.74, 6) is -2.35. The Bertz CT molecular complexity index is 544. The van der Waals surface area contributed by atoms with E-state index in [1.807, 2.05) is 0 Å². The van der Waals surface area contributed by atoms with Gasteiger partial charge in [-0.25, -0.2) is 0 Å². The molecule has 0 N–H and O–H groups in total. The van der Waals surface area contributed by atoms with Crippen LogP contribution in [0.1, 0.15) is 27.7 Å². The Morgan fingerprint density at radius 2 is 1.38 bits per heavy atom. The highest BCUT2D eigenvalue weighted by Crippen LogP contribution is 2.39. The highest BCUT2D eigenvalue weighted by atomic mass is 32.2. The van der Waals surface area contributed by atoms with Crippen LogP contribution in [0.5, 0.6) is 0 Å². The number of carbonyl (C=O) groups is 4. The normalized spacial score (nSPS) is 26.2. The molecule has 134 valence electrons. The Labute approximate surface area is 143 Å². The van der Waals surface area contributed by atoms with Gasteiger partial charge in [0.1, 0.15) is 6.61 Å². The molecule has 9 heteroatoms. The average Bonchev–Trinajstić information content (AvgIpc) is 2.42. The van der Waals surface area contributed by atoms with Gasteiger partial charge in [0.05, 0.1) is 5.25 Å². The van der Waals surface area contributed by atoms with Gasteiger partial charge in [0.2, 0.25) is 0 Å². The zero-order valence-electron chi connectivity index (χ0n) is 13.9. The van der Waals surface area contributed by atoms with Gasteiger partial charge in [0.25, 0.3) is 0 Å². The van der Waals surface area contributed by atoms with Gasteiger partial charge >= 0.3 is 23.9 Å². The molecule has 1 rings (SSSR count). The molecule has 0 saturated carbocycles. The van der Waals surface area contributed by atoms with Crippen LogP contribution in [0, 0.1) is 0 Å². The third kappa shape index (κ3) is 5.88. The summed E-state index contributed by atoms with van der Waals surface area (Å²) in [5, 5.41) is -0.554. The number of carbonyl (C=O) groups excluding carboxylic acids is 4. The molecule has 8 nitrogen and oxygen atoms in total. The van der Waals surface area contributed by atoms with E-state index in [-0.39, 0.29) is 6.61 Å². The smallest absolute Gasteiger partial charge is 0.303 e. The summed E-state index contributed by atoms with van der Waals surface area (Å²) in [6.45, 7) is 8.55. The van der Waals surface area contributed by atoms with Crippen molar-refractivity contribution in [3.63, 3.8) is 0 Å². The van der Waals surface area contributed by atoms with Crippen LogP contribution >= 0.6 is 11.8 Å². The second kappa shape index (κ2) is 8.72. The molecule has 1 saturated heterocycles. The third-order valence-electron chi connectivity index (χ3n) is 2.96. The van der Waals surface area contributed by atoms with Gasteiger partial charge in [-0.1, -0.05) is 6.58 Å². The first-order valence-corrected chi connectivity index (χ1v) is 8.00. The van der Waals surface area contributed by atoms with E-state index in [0.29, 0.717) is 4.91 Å². The van der Waals surface area contributed by atoms with Crippen molar-refractivity contribution in [2.24, 2.45) is 0 Å². The second-order valence-electron chi connectivity index (χ2n) is 5.10. The van der Waals surface area contributed by atoms with Crippen LogP contribution in [-0.2, 0) is 38.1 Å². The highest BCUT2D eigenvalue weighted by Gasteiger charge is 2.48. The summed E-state index contributed by atoms with van der Waals surface area (Å²) >= 11 is 1.14. The van der Waals surface area contributed by atoms with E-state index in [2.05, 4.69) is 6.58 Å². The van der Waals surface area contributed by atoms with Crippen molar-refractivity contribution < 1.29 is 38.1 Å². The first kappa shape index (κ1) is 20.0. The SMILES string of the molecule is C=C1S[C@H](COC(C)=O)[C@@H](OC(C)=O)[C@H](OC(C)=O)[C@H]1OC(C)=O.